The van der Waals surface area contributed by atoms with Crippen LogP contribution in [0.1, 0.15) is 30.9 Å². The topological polar surface area (TPSA) is 78.4 Å². The molecule has 0 unspecified atom stereocenters. The number of nitrogens with zero attached hydrogens (tertiary/aromatic N) is 2. The molecule has 2 rings (SSSR count). The van der Waals surface area contributed by atoms with Gasteiger partial charge in [-0.2, -0.15) is 0 Å². The second-order valence-electron chi connectivity index (χ2n) is 5.04. The molecule has 122 valence electrons. The zero-order valence-corrected chi connectivity index (χ0v) is 17.0. The fourth-order valence-corrected chi connectivity index (χ4v) is 3.96. The molecule has 2 aromatic rings. The van der Waals surface area contributed by atoms with Crippen molar-refractivity contribution >= 4 is 63.0 Å². The van der Waals surface area contributed by atoms with Crippen LogP contribution in [0.2, 0.25) is 0 Å². The van der Waals surface area contributed by atoms with Gasteiger partial charge >= 0.3 is 5.69 Å². The second kappa shape index (κ2) is 7.60. The van der Waals surface area contributed by atoms with Crippen LogP contribution in [-0.2, 0) is 0 Å². The van der Waals surface area contributed by atoms with Crippen molar-refractivity contribution in [2.24, 2.45) is 0 Å². The summed E-state index contributed by atoms with van der Waals surface area (Å²) in [6.07, 6.45) is 3.32. The maximum atomic E-state index is 11.1. The Morgan fingerprint density at radius 3 is 2.65 bits per heavy atom. The summed E-state index contributed by atoms with van der Waals surface area (Å²) >= 11 is 4.43. The Bertz CT molecular complexity index is 769. The Balaban J connectivity index is 2.45. The Labute approximate surface area is 160 Å². The fraction of sp³-hybridized carbons (Fsp3) is 0.267. The van der Waals surface area contributed by atoms with Gasteiger partial charge < -0.3 is 9.26 Å². The smallest absolute Gasteiger partial charge is 0.338 e. The molecule has 0 aliphatic carbocycles. The van der Waals surface area contributed by atoms with Gasteiger partial charge in [-0.05, 0) is 90.2 Å². The van der Waals surface area contributed by atoms with E-state index in [4.69, 9.17) is 9.26 Å². The molecule has 1 aromatic heterocycles. The van der Waals surface area contributed by atoms with Gasteiger partial charge in [-0.1, -0.05) is 5.16 Å². The number of hydrogen-bond acceptors (Lipinski definition) is 5. The van der Waals surface area contributed by atoms with Gasteiger partial charge in [-0.25, -0.2) is 0 Å². The predicted molar refractivity (Wildman–Crippen MR) is 104 cm³/mol. The summed E-state index contributed by atoms with van der Waals surface area (Å²) in [5.41, 5.74) is 0.969. The number of aromatic nitrogens is 1. The number of nitro groups is 1. The van der Waals surface area contributed by atoms with Gasteiger partial charge in [0.05, 0.1) is 14.6 Å². The zero-order chi connectivity index (χ0) is 17.1. The minimum atomic E-state index is -0.491. The third-order valence-electron chi connectivity index (χ3n) is 2.84. The van der Waals surface area contributed by atoms with E-state index in [1.54, 1.807) is 19.1 Å². The number of benzene rings is 1. The highest BCUT2D eigenvalue weighted by Crippen LogP contribution is 2.32. The number of ether oxygens (including phenoxy) is 1. The van der Waals surface area contributed by atoms with Gasteiger partial charge in [-0.15, -0.1) is 0 Å². The first-order valence-electron chi connectivity index (χ1n) is 6.74. The SMILES string of the molecule is Cc1noc(/C=C/c2cc(I)cc(I)c2OC(C)C)c1[N+](=O)[O-]. The van der Waals surface area contributed by atoms with E-state index >= 15 is 0 Å². The lowest BCUT2D eigenvalue weighted by atomic mass is 10.1. The van der Waals surface area contributed by atoms with E-state index in [1.165, 1.54) is 0 Å². The molecule has 0 aliphatic rings. The molecule has 0 radical (unpaired) electrons. The predicted octanol–water partition coefficient (Wildman–Crippen LogP) is 5.06. The first-order valence-corrected chi connectivity index (χ1v) is 8.89. The molecule has 0 amide bonds. The highest BCUT2D eigenvalue weighted by Gasteiger charge is 2.22. The van der Waals surface area contributed by atoms with E-state index in [9.17, 15) is 10.1 Å². The van der Waals surface area contributed by atoms with E-state index in [-0.39, 0.29) is 23.2 Å². The Kier molecular flexibility index (Phi) is 6.00. The first-order chi connectivity index (χ1) is 10.8. The van der Waals surface area contributed by atoms with E-state index in [0.717, 1.165) is 18.5 Å². The Morgan fingerprint density at radius 2 is 2.04 bits per heavy atom. The van der Waals surface area contributed by atoms with Crippen LogP contribution in [0.25, 0.3) is 12.2 Å². The Hall–Kier alpha value is -1.17. The highest BCUT2D eigenvalue weighted by atomic mass is 127. The quantitative estimate of drug-likeness (QED) is 0.301. The molecular weight excluding hydrogens is 526 g/mol. The summed E-state index contributed by atoms with van der Waals surface area (Å²) in [6, 6.07) is 3.96. The molecule has 0 fully saturated rings. The maximum Gasteiger partial charge on any atom is 0.338 e. The summed E-state index contributed by atoms with van der Waals surface area (Å²) in [4.78, 5) is 10.6. The first kappa shape index (κ1) is 18.2. The molecule has 0 spiro atoms. The van der Waals surface area contributed by atoms with Gasteiger partial charge in [0.1, 0.15) is 5.75 Å². The lowest BCUT2D eigenvalue weighted by molar-refractivity contribution is -0.386. The monoisotopic (exact) mass is 540 g/mol. The van der Waals surface area contributed by atoms with Gasteiger partial charge in [-0.3, -0.25) is 10.1 Å². The lowest BCUT2D eigenvalue weighted by Gasteiger charge is -2.14. The molecule has 0 saturated carbocycles. The molecule has 8 heteroatoms. The molecule has 1 aromatic carbocycles. The van der Waals surface area contributed by atoms with Crippen LogP contribution in [0.3, 0.4) is 0 Å². The second-order valence-corrected chi connectivity index (χ2v) is 7.45. The molecule has 0 saturated heterocycles. The third kappa shape index (κ3) is 4.43. The van der Waals surface area contributed by atoms with Crippen LogP contribution in [0, 0.1) is 24.2 Å². The van der Waals surface area contributed by atoms with Crippen LogP contribution >= 0.6 is 45.2 Å². The molecule has 0 N–H and O–H groups in total. The lowest BCUT2D eigenvalue weighted by Crippen LogP contribution is -2.08. The number of aryl methyl sites for hydroxylation is 1. The molecule has 1 heterocycles. The van der Waals surface area contributed by atoms with Crippen molar-refractivity contribution in [1.29, 1.82) is 0 Å². The Morgan fingerprint density at radius 1 is 1.35 bits per heavy atom. The molecule has 6 nitrogen and oxygen atoms in total. The third-order valence-corrected chi connectivity index (χ3v) is 4.27. The van der Waals surface area contributed by atoms with Crippen LogP contribution in [-0.4, -0.2) is 16.2 Å². The molecule has 23 heavy (non-hydrogen) atoms. The summed E-state index contributed by atoms with van der Waals surface area (Å²) in [7, 11) is 0. The van der Waals surface area contributed by atoms with Crippen molar-refractivity contribution in [3.05, 3.63) is 46.4 Å². The minimum absolute atomic E-state index is 0.0255. The van der Waals surface area contributed by atoms with Crippen LogP contribution in [0.4, 0.5) is 5.69 Å². The summed E-state index contributed by atoms with van der Waals surface area (Å²) in [6.45, 7) is 5.44. The standard InChI is InChI=1S/C15H14I2N2O4/c1-8(2)22-15-10(6-11(16)7-12(15)17)4-5-13-14(19(20)21)9(3)18-23-13/h4-8H,1-3H3/b5-4+. The normalized spacial score (nSPS) is 11.4. The van der Waals surface area contributed by atoms with Gasteiger partial charge in [0.2, 0.25) is 5.76 Å². The number of rotatable bonds is 5. The van der Waals surface area contributed by atoms with Crippen LogP contribution < -0.4 is 4.74 Å². The van der Waals surface area contributed by atoms with Crippen molar-refractivity contribution in [2.75, 3.05) is 0 Å². The van der Waals surface area contributed by atoms with Gasteiger partial charge in [0, 0.05) is 9.13 Å². The van der Waals surface area contributed by atoms with E-state index in [0.29, 0.717) is 0 Å². The highest BCUT2D eigenvalue weighted by molar-refractivity contribution is 14.1. The van der Waals surface area contributed by atoms with Crippen LogP contribution in [0.5, 0.6) is 5.75 Å². The molecular formula is C15H14I2N2O4. The average molecular weight is 540 g/mol. The largest absolute Gasteiger partial charge is 0.489 e. The van der Waals surface area contributed by atoms with E-state index in [2.05, 4.69) is 50.3 Å². The summed E-state index contributed by atoms with van der Waals surface area (Å²) in [5.74, 6) is 0.869. The van der Waals surface area contributed by atoms with Crippen molar-refractivity contribution in [2.45, 2.75) is 26.9 Å². The summed E-state index contributed by atoms with van der Waals surface area (Å²) < 4.78 is 12.9. The number of halogens is 2. The minimum Gasteiger partial charge on any atom is -0.489 e. The molecule has 0 atom stereocenters. The zero-order valence-electron chi connectivity index (χ0n) is 12.7. The van der Waals surface area contributed by atoms with Crippen molar-refractivity contribution in [3.8, 4) is 5.75 Å². The van der Waals surface area contributed by atoms with E-state index < -0.39 is 4.92 Å². The van der Waals surface area contributed by atoms with E-state index in [1.807, 2.05) is 26.0 Å². The summed E-state index contributed by atoms with van der Waals surface area (Å²) in [5, 5.41) is 14.7. The maximum absolute atomic E-state index is 11.1. The van der Waals surface area contributed by atoms with Gasteiger partial charge in [0.15, 0.2) is 5.69 Å². The molecule has 0 aliphatic heterocycles. The van der Waals surface area contributed by atoms with Crippen LogP contribution in [0.15, 0.2) is 16.7 Å². The fourth-order valence-electron chi connectivity index (χ4n) is 1.94. The van der Waals surface area contributed by atoms with Crippen molar-refractivity contribution in [1.82, 2.24) is 5.16 Å². The number of hydrogen-bond donors (Lipinski definition) is 0. The molecule has 0 bridgehead atoms. The van der Waals surface area contributed by atoms with Crippen molar-refractivity contribution in [3.63, 3.8) is 0 Å². The average Bonchev–Trinajstić information content (AvgIpc) is 2.80. The van der Waals surface area contributed by atoms with Crippen molar-refractivity contribution < 1.29 is 14.2 Å². The van der Waals surface area contributed by atoms with Gasteiger partial charge in [0.25, 0.3) is 0 Å².